The molecule has 1 aromatic rings. The van der Waals surface area contributed by atoms with E-state index in [1.54, 1.807) is 13.0 Å². The van der Waals surface area contributed by atoms with E-state index in [0.29, 0.717) is 10.5 Å². The van der Waals surface area contributed by atoms with Crippen LogP contribution in [0.2, 0.25) is 0 Å². The van der Waals surface area contributed by atoms with Gasteiger partial charge in [-0.3, -0.25) is 19.3 Å². The number of hydrogen-bond donors (Lipinski definition) is 0. The van der Waals surface area contributed by atoms with Gasteiger partial charge in [-0.1, -0.05) is 0 Å². The summed E-state index contributed by atoms with van der Waals surface area (Å²) in [7, 11) is 0. The van der Waals surface area contributed by atoms with Crippen LogP contribution in [-0.2, 0) is 16.1 Å². The van der Waals surface area contributed by atoms with Gasteiger partial charge in [-0.25, -0.2) is 9.69 Å². The number of carbonyl (C=O) groups excluding carboxylic acids is 4. The molecule has 0 unspecified atom stereocenters. The summed E-state index contributed by atoms with van der Waals surface area (Å²) in [5, 5.41) is 0. The zero-order valence-electron chi connectivity index (χ0n) is 13.2. The van der Waals surface area contributed by atoms with Crippen molar-refractivity contribution in [2.75, 3.05) is 13.1 Å². The van der Waals surface area contributed by atoms with Gasteiger partial charge >= 0.3 is 17.8 Å². The van der Waals surface area contributed by atoms with Gasteiger partial charge in [-0.15, -0.1) is 0 Å². The first-order valence-electron chi connectivity index (χ1n) is 7.20. The molecular weight excluding hydrogens is 286 g/mol. The third kappa shape index (κ3) is 2.32. The van der Waals surface area contributed by atoms with Crippen molar-refractivity contribution in [3.63, 3.8) is 0 Å². The fourth-order valence-electron chi connectivity index (χ4n) is 2.77. The molecule has 7 heteroatoms. The number of likely N-dealkylation sites (N-methyl/N-ethyl adjacent to an activating group) is 1. The van der Waals surface area contributed by atoms with Crippen molar-refractivity contribution < 1.29 is 19.2 Å². The van der Waals surface area contributed by atoms with Crippen molar-refractivity contribution in [2.24, 2.45) is 0 Å². The monoisotopic (exact) mass is 305 g/mol. The highest BCUT2D eigenvalue weighted by atomic mass is 16.2. The average molecular weight is 305 g/mol. The molecule has 4 amide bonds. The summed E-state index contributed by atoms with van der Waals surface area (Å²) in [6.07, 6.45) is 0. The van der Waals surface area contributed by atoms with Crippen LogP contribution in [0.1, 0.15) is 35.6 Å². The largest absolute Gasteiger partial charge is 0.349 e. The number of ketones is 1. The maximum absolute atomic E-state index is 12.4. The smallest absolute Gasteiger partial charge is 0.334 e. The number of carbonyl (C=O) groups is 4. The quantitative estimate of drug-likeness (QED) is 0.464. The number of aryl methyl sites for hydroxylation is 1. The first-order chi connectivity index (χ1) is 10.3. The van der Waals surface area contributed by atoms with E-state index >= 15 is 0 Å². The lowest BCUT2D eigenvalue weighted by molar-refractivity contribution is -0.143. The Morgan fingerprint density at radius 1 is 1.00 bits per heavy atom. The van der Waals surface area contributed by atoms with E-state index in [0.717, 1.165) is 22.8 Å². The first-order valence-corrected chi connectivity index (χ1v) is 7.20. The van der Waals surface area contributed by atoms with Crippen LogP contribution >= 0.6 is 0 Å². The van der Waals surface area contributed by atoms with Gasteiger partial charge < -0.3 is 4.57 Å². The first kappa shape index (κ1) is 15.9. The molecule has 2 rings (SSSR count). The summed E-state index contributed by atoms with van der Waals surface area (Å²) < 4.78 is 1.98. The highest BCUT2D eigenvalue weighted by Gasteiger charge is 2.44. The van der Waals surface area contributed by atoms with Crippen LogP contribution in [0, 0.1) is 13.8 Å². The van der Waals surface area contributed by atoms with Gasteiger partial charge in [0.2, 0.25) is 0 Å². The molecule has 1 saturated heterocycles. The number of urea groups is 1. The molecule has 0 saturated carbocycles. The fourth-order valence-corrected chi connectivity index (χ4v) is 2.77. The number of amides is 4. The SMILES string of the molecule is CCN1C(=O)C(=O)N(CC(=O)c2cc(C)n(CC)c2C)C1=O. The van der Waals surface area contributed by atoms with Crippen molar-refractivity contribution in [2.45, 2.75) is 34.2 Å². The second-order valence-electron chi connectivity index (χ2n) is 5.18. The minimum Gasteiger partial charge on any atom is -0.349 e. The summed E-state index contributed by atoms with van der Waals surface area (Å²) in [5.74, 6) is -2.16. The Labute approximate surface area is 128 Å². The second kappa shape index (κ2) is 5.75. The predicted molar refractivity (Wildman–Crippen MR) is 78.4 cm³/mol. The number of aromatic nitrogens is 1. The van der Waals surface area contributed by atoms with E-state index in [1.165, 1.54) is 0 Å². The zero-order valence-corrected chi connectivity index (χ0v) is 13.2. The Balaban J connectivity index is 2.25. The van der Waals surface area contributed by atoms with Crippen LogP contribution < -0.4 is 0 Å². The molecule has 1 aliphatic rings. The second-order valence-corrected chi connectivity index (χ2v) is 5.18. The molecule has 2 heterocycles. The minimum absolute atomic E-state index is 0.110. The van der Waals surface area contributed by atoms with Crippen LogP contribution in [0.5, 0.6) is 0 Å². The lowest BCUT2D eigenvalue weighted by Gasteiger charge is -2.13. The van der Waals surface area contributed by atoms with Gasteiger partial charge in [0.1, 0.15) is 0 Å². The Kier molecular flexibility index (Phi) is 4.16. The number of nitrogens with zero attached hydrogens (tertiary/aromatic N) is 3. The topological polar surface area (TPSA) is 79.7 Å². The van der Waals surface area contributed by atoms with Crippen LogP contribution in [0.25, 0.3) is 0 Å². The molecule has 0 spiro atoms. The van der Waals surface area contributed by atoms with Crippen molar-refractivity contribution in [3.05, 3.63) is 23.0 Å². The van der Waals surface area contributed by atoms with E-state index in [2.05, 4.69) is 0 Å². The normalized spacial score (nSPS) is 15.2. The van der Waals surface area contributed by atoms with Gasteiger partial charge in [0.15, 0.2) is 5.78 Å². The van der Waals surface area contributed by atoms with Crippen molar-refractivity contribution >= 4 is 23.6 Å². The summed E-state index contributed by atoms with van der Waals surface area (Å²) in [6.45, 7) is 7.71. The Hall–Kier alpha value is -2.44. The molecule has 0 bridgehead atoms. The molecule has 0 aliphatic carbocycles. The standard InChI is InChI=1S/C15H19N3O4/c1-5-16-9(3)7-11(10(16)4)12(19)8-18-14(21)13(20)17(6-2)15(18)22/h7H,5-6,8H2,1-4H3. The van der Waals surface area contributed by atoms with Crippen molar-refractivity contribution in [3.8, 4) is 0 Å². The predicted octanol–water partition coefficient (Wildman–Crippen LogP) is 1.12. The molecule has 0 aromatic carbocycles. The van der Waals surface area contributed by atoms with E-state index in [-0.39, 0.29) is 12.3 Å². The molecule has 0 atom stereocenters. The molecule has 0 radical (unpaired) electrons. The molecule has 7 nitrogen and oxygen atoms in total. The summed E-state index contributed by atoms with van der Waals surface area (Å²) in [6, 6.07) is 1.01. The Morgan fingerprint density at radius 3 is 2.05 bits per heavy atom. The molecule has 1 aromatic heterocycles. The van der Waals surface area contributed by atoms with Gasteiger partial charge in [0, 0.05) is 30.0 Å². The highest BCUT2D eigenvalue weighted by Crippen LogP contribution is 2.18. The molecule has 22 heavy (non-hydrogen) atoms. The summed E-state index contributed by atoms with van der Waals surface area (Å²) in [4.78, 5) is 49.4. The zero-order chi connectivity index (χ0) is 16.6. The van der Waals surface area contributed by atoms with Crippen LogP contribution in [0.15, 0.2) is 6.07 Å². The van der Waals surface area contributed by atoms with Gasteiger partial charge in [-0.05, 0) is 33.8 Å². The van der Waals surface area contributed by atoms with E-state index < -0.39 is 24.4 Å². The summed E-state index contributed by atoms with van der Waals surface area (Å²) >= 11 is 0. The van der Waals surface area contributed by atoms with Gasteiger partial charge in [0.05, 0.1) is 6.54 Å². The van der Waals surface area contributed by atoms with Crippen LogP contribution in [0.4, 0.5) is 4.79 Å². The maximum atomic E-state index is 12.4. The van der Waals surface area contributed by atoms with Crippen molar-refractivity contribution in [1.29, 1.82) is 0 Å². The number of Topliss-reactive ketones (excluding diaryl/α,β-unsaturated/α-hetero) is 1. The van der Waals surface area contributed by atoms with Crippen LogP contribution in [-0.4, -0.2) is 51.1 Å². The van der Waals surface area contributed by atoms with Crippen LogP contribution in [0.3, 0.4) is 0 Å². The number of rotatable bonds is 5. The Morgan fingerprint density at radius 2 is 1.59 bits per heavy atom. The molecule has 0 N–H and O–H groups in total. The van der Waals surface area contributed by atoms with E-state index in [4.69, 9.17) is 0 Å². The molecular formula is C15H19N3O4. The van der Waals surface area contributed by atoms with Gasteiger partial charge in [0.25, 0.3) is 0 Å². The molecule has 1 fully saturated rings. The molecule has 118 valence electrons. The van der Waals surface area contributed by atoms with Crippen molar-refractivity contribution in [1.82, 2.24) is 14.4 Å². The lowest BCUT2D eigenvalue weighted by atomic mass is 10.1. The third-order valence-electron chi connectivity index (χ3n) is 3.94. The third-order valence-corrected chi connectivity index (χ3v) is 3.94. The summed E-state index contributed by atoms with van der Waals surface area (Å²) in [5.41, 5.74) is 2.21. The van der Waals surface area contributed by atoms with E-state index in [9.17, 15) is 19.2 Å². The average Bonchev–Trinajstić information content (AvgIpc) is 2.87. The van der Waals surface area contributed by atoms with E-state index in [1.807, 2.05) is 25.3 Å². The lowest BCUT2D eigenvalue weighted by Crippen LogP contribution is -2.37. The highest BCUT2D eigenvalue weighted by molar-refractivity contribution is 6.45. The minimum atomic E-state index is -0.940. The number of imide groups is 2. The van der Waals surface area contributed by atoms with Gasteiger partial charge in [-0.2, -0.15) is 0 Å². The Bertz CT molecular complexity index is 675. The molecule has 1 aliphatic heterocycles. The fraction of sp³-hybridized carbons (Fsp3) is 0.467. The number of hydrogen-bond acceptors (Lipinski definition) is 4. The maximum Gasteiger partial charge on any atom is 0.334 e.